The van der Waals surface area contributed by atoms with Gasteiger partial charge in [0, 0.05) is 19.1 Å². The Kier molecular flexibility index (Phi) is 5.52. The molecule has 0 bridgehead atoms. The highest BCUT2D eigenvalue weighted by atomic mass is 35.5. The van der Waals surface area contributed by atoms with E-state index in [0.29, 0.717) is 16.6 Å². The van der Waals surface area contributed by atoms with Crippen molar-refractivity contribution in [1.82, 2.24) is 4.90 Å². The molecule has 1 fully saturated rings. The zero-order chi connectivity index (χ0) is 13.8. The van der Waals surface area contributed by atoms with Gasteiger partial charge < -0.3 is 5.73 Å². The number of halogens is 2. The van der Waals surface area contributed by atoms with Crippen LogP contribution in [-0.2, 0) is 0 Å². The van der Waals surface area contributed by atoms with Gasteiger partial charge in [-0.2, -0.15) is 0 Å². The Morgan fingerprint density at radius 2 is 2.00 bits per heavy atom. The maximum Gasteiger partial charge on any atom is 0.0640 e. The average Bonchev–Trinajstić information content (AvgIpc) is 2.88. The second-order valence-electron chi connectivity index (χ2n) is 5.48. The summed E-state index contributed by atoms with van der Waals surface area (Å²) in [6.45, 7) is 1.65. The lowest BCUT2D eigenvalue weighted by molar-refractivity contribution is 0.212. The predicted molar refractivity (Wildman–Crippen MR) is 82.8 cm³/mol. The number of nitrogens with two attached hydrogens (primary N) is 1. The molecule has 1 aliphatic rings. The number of rotatable bonds is 5. The Morgan fingerprint density at radius 1 is 1.32 bits per heavy atom. The minimum absolute atomic E-state index is 0.145. The molecule has 1 atom stereocenters. The fraction of sp³-hybridized carbons (Fsp3) is 0.600. The summed E-state index contributed by atoms with van der Waals surface area (Å²) in [5.74, 6) is 0.803. The lowest BCUT2D eigenvalue weighted by Crippen LogP contribution is -2.34. The molecule has 1 aromatic rings. The Morgan fingerprint density at radius 3 is 2.63 bits per heavy atom. The molecule has 2 nitrogen and oxygen atoms in total. The van der Waals surface area contributed by atoms with Crippen LogP contribution in [0.25, 0.3) is 0 Å². The molecule has 0 saturated heterocycles. The Balaban J connectivity index is 2.11. The quantitative estimate of drug-likeness (QED) is 0.886. The third-order valence-corrected chi connectivity index (χ3v) is 4.95. The monoisotopic (exact) mass is 300 g/mol. The van der Waals surface area contributed by atoms with Gasteiger partial charge in [-0.25, -0.2) is 0 Å². The fourth-order valence-corrected chi connectivity index (χ4v) is 3.48. The fourth-order valence-electron chi connectivity index (χ4n) is 3.05. The minimum Gasteiger partial charge on any atom is -0.329 e. The van der Waals surface area contributed by atoms with E-state index < -0.39 is 0 Å². The average molecular weight is 301 g/mol. The van der Waals surface area contributed by atoms with Crippen LogP contribution in [0.15, 0.2) is 18.2 Å². The second kappa shape index (κ2) is 6.94. The van der Waals surface area contributed by atoms with Gasteiger partial charge in [0.05, 0.1) is 10.0 Å². The van der Waals surface area contributed by atoms with Crippen molar-refractivity contribution in [2.24, 2.45) is 11.7 Å². The van der Waals surface area contributed by atoms with Crippen LogP contribution in [0.4, 0.5) is 0 Å². The van der Waals surface area contributed by atoms with Gasteiger partial charge >= 0.3 is 0 Å². The van der Waals surface area contributed by atoms with Gasteiger partial charge in [0.1, 0.15) is 0 Å². The lowest BCUT2D eigenvalue weighted by Gasteiger charge is -2.30. The molecular weight excluding hydrogens is 279 g/mol. The van der Waals surface area contributed by atoms with Crippen LogP contribution in [0, 0.1) is 5.92 Å². The third-order valence-electron chi connectivity index (χ3n) is 4.12. The molecule has 4 heteroatoms. The van der Waals surface area contributed by atoms with Crippen molar-refractivity contribution in [3.8, 4) is 0 Å². The highest BCUT2D eigenvalue weighted by Crippen LogP contribution is 2.33. The number of nitrogens with zero attached hydrogens (tertiary/aromatic N) is 1. The van der Waals surface area contributed by atoms with Crippen molar-refractivity contribution in [2.45, 2.75) is 31.7 Å². The summed E-state index contributed by atoms with van der Waals surface area (Å²) in [5, 5.41) is 1.24. The summed E-state index contributed by atoms with van der Waals surface area (Å²) >= 11 is 12.4. The maximum absolute atomic E-state index is 6.31. The Bertz CT molecular complexity index is 417. The van der Waals surface area contributed by atoms with Crippen molar-refractivity contribution in [1.29, 1.82) is 0 Å². The molecule has 0 spiro atoms. The lowest BCUT2D eigenvalue weighted by atomic mass is 10.0. The molecule has 0 aromatic heterocycles. The number of likely N-dealkylation sites (N-methyl/N-ethyl adjacent to an activating group) is 1. The summed E-state index contributed by atoms with van der Waals surface area (Å²) in [6.07, 6.45) is 5.41. The number of benzene rings is 1. The van der Waals surface area contributed by atoms with E-state index in [4.69, 9.17) is 28.9 Å². The van der Waals surface area contributed by atoms with Gasteiger partial charge in [0.2, 0.25) is 0 Å². The van der Waals surface area contributed by atoms with Crippen molar-refractivity contribution < 1.29 is 0 Å². The molecule has 1 aliphatic carbocycles. The van der Waals surface area contributed by atoms with E-state index >= 15 is 0 Å². The molecule has 2 rings (SSSR count). The largest absolute Gasteiger partial charge is 0.329 e. The SMILES string of the molecule is CN(CC1CCCC1)C(CN)c1cccc(Cl)c1Cl. The molecule has 0 aliphatic heterocycles. The van der Waals surface area contributed by atoms with E-state index in [1.54, 1.807) is 0 Å². The van der Waals surface area contributed by atoms with E-state index in [9.17, 15) is 0 Å². The molecule has 0 amide bonds. The van der Waals surface area contributed by atoms with Gasteiger partial charge in [-0.15, -0.1) is 0 Å². The maximum atomic E-state index is 6.31. The predicted octanol–water partition coefficient (Wildman–Crippen LogP) is 4.12. The first-order valence-electron chi connectivity index (χ1n) is 6.97. The van der Waals surface area contributed by atoms with Crippen molar-refractivity contribution in [2.75, 3.05) is 20.1 Å². The van der Waals surface area contributed by atoms with Gasteiger partial charge in [0.15, 0.2) is 0 Å². The standard InChI is InChI=1S/C15H22Cl2N2/c1-19(10-11-5-2-3-6-11)14(9-18)12-7-4-8-13(16)15(12)17/h4,7-8,11,14H,2-3,5-6,9-10,18H2,1H3. The van der Waals surface area contributed by atoms with E-state index in [1.165, 1.54) is 25.7 Å². The van der Waals surface area contributed by atoms with Crippen LogP contribution in [0.2, 0.25) is 10.0 Å². The molecule has 0 heterocycles. The summed E-state index contributed by atoms with van der Waals surface area (Å²) in [5.41, 5.74) is 6.99. The van der Waals surface area contributed by atoms with Crippen LogP contribution in [0.1, 0.15) is 37.3 Å². The van der Waals surface area contributed by atoms with Crippen LogP contribution < -0.4 is 5.73 Å². The van der Waals surface area contributed by atoms with Crippen molar-refractivity contribution in [3.05, 3.63) is 33.8 Å². The number of hydrogen-bond acceptors (Lipinski definition) is 2. The zero-order valence-corrected chi connectivity index (χ0v) is 12.9. The summed E-state index contributed by atoms with van der Waals surface area (Å²) < 4.78 is 0. The van der Waals surface area contributed by atoms with Gasteiger partial charge in [0.25, 0.3) is 0 Å². The first kappa shape index (κ1) is 15.1. The molecular formula is C15H22Cl2N2. The van der Waals surface area contributed by atoms with Crippen LogP contribution in [0.3, 0.4) is 0 Å². The zero-order valence-electron chi connectivity index (χ0n) is 11.4. The van der Waals surface area contributed by atoms with Crippen LogP contribution in [0.5, 0.6) is 0 Å². The normalized spacial score (nSPS) is 18.2. The van der Waals surface area contributed by atoms with E-state index in [2.05, 4.69) is 11.9 Å². The first-order valence-corrected chi connectivity index (χ1v) is 7.73. The van der Waals surface area contributed by atoms with E-state index in [-0.39, 0.29) is 6.04 Å². The minimum atomic E-state index is 0.145. The van der Waals surface area contributed by atoms with E-state index in [1.807, 2.05) is 18.2 Å². The third kappa shape index (κ3) is 3.63. The second-order valence-corrected chi connectivity index (χ2v) is 6.27. The molecule has 2 N–H and O–H groups in total. The molecule has 19 heavy (non-hydrogen) atoms. The summed E-state index contributed by atoms with van der Waals surface area (Å²) in [7, 11) is 2.13. The Hall–Kier alpha value is -0.280. The molecule has 0 radical (unpaired) electrons. The summed E-state index contributed by atoms with van der Waals surface area (Å²) in [6, 6.07) is 5.93. The van der Waals surface area contributed by atoms with Crippen molar-refractivity contribution in [3.63, 3.8) is 0 Å². The van der Waals surface area contributed by atoms with Crippen LogP contribution in [-0.4, -0.2) is 25.0 Å². The van der Waals surface area contributed by atoms with Crippen LogP contribution >= 0.6 is 23.2 Å². The molecule has 1 unspecified atom stereocenters. The first-order chi connectivity index (χ1) is 9.13. The van der Waals surface area contributed by atoms with Gasteiger partial charge in [-0.1, -0.05) is 48.2 Å². The summed E-state index contributed by atoms with van der Waals surface area (Å²) in [4.78, 5) is 2.33. The molecule has 106 valence electrons. The smallest absolute Gasteiger partial charge is 0.0640 e. The van der Waals surface area contributed by atoms with E-state index in [0.717, 1.165) is 18.0 Å². The van der Waals surface area contributed by atoms with Crippen molar-refractivity contribution >= 4 is 23.2 Å². The van der Waals surface area contributed by atoms with Gasteiger partial charge in [-0.05, 0) is 37.4 Å². The van der Waals surface area contributed by atoms with Gasteiger partial charge in [-0.3, -0.25) is 4.90 Å². The number of hydrogen-bond donors (Lipinski definition) is 1. The highest BCUT2D eigenvalue weighted by Gasteiger charge is 2.23. The topological polar surface area (TPSA) is 29.3 Å². The Labute approximate surface area is 125 Å². The molecule has 1 saturated carbocycles. The molecule has 1 aromatic carbocycles. The highest BCUT2D eigenvalue weighted by molar-refractivity contribution is 6.42.